The number of aromatic nitrogens is 2. The van der Waals surface area contributed by atoms with Gasteiger partial charge in [-0.05, 0) is 24.6 Å². The van der Waals surface area contributed by atoms with Crippen LogP contribution in [0.3, 0.4) is 0 Å². The van der Waals surface area contributed by atoms with Crippen LogP contribution in [-0.4, -0.2) is 47.1 Å². The Labute approximate surface area is 127 Å². The maximum Gasteiger partial charge on any atom is 0.305 e. The third kappa shape index (κ3) is 3.72. The Morgan fingerprint density at radius 2 is 2.19 bits per heavy atom. The van der Waals surface area contributed by atoms with E-state index in [0.29, 0.717) is 23.7 Å². The van der Waals surface area contributed by atoms with Crippen LogP contribution < -0.4 is 0 Å². The molecule has 0 fully saturated rings. The molecule has 0 saturated heterocycles. The molecule has 0 bridgehead atoms. The molecule has 0 atom stereocenters. The Balaban J connectivity index is 2.02. The van der Waals surface area contributed by atoms with Gasteiger partial charge in [-0.15, -0.1) is 0 Å². The number of methoxy groups -OCH3 is 1. The fourth-order valence-electron chi connectivity index (χ4n) is 1.93. The lowest BCUT2D eigenvalue weighted by Crippen LogP contribution is -2.28. The first-order chi connectivity index (χ1) is 10.0. The number of ether oxygens (including phenoxy) is 1. The Bertz CT molecular complexity index is 669. The normalized spacial score (nSPS) is 10.6. The number of fused-ring (bicyclic) bond motifs is 1. The fraction of sp³-hybridized carbons (Fsp3) is 0.357. The van der Waals surface area contributed by atoms with Crippen molar-refractivity contribution in [2.75, 3.05) is 20.7 Å². The molecule has 7 heteroatoms. The third-order valence-corrected chi connectivity index (χ3v) is 3.33. The summed E-state index contributed by atoms with van der Waals surface area (Å²) in [4.78, 5) is 24.8. The monoisotopic (exact) mass is 309 g/mol. The first-order valence-electron chi connectivity index (χ1n) is 6.48. The summed E-state index contributed by atoms with van der Waals surface area (Å²) in [6, 6.07) is 5.13. The van der Waals surface area contributed by atoms with Gasteiger partial charge in [0.2, 0.25) is 0 Å². The third-order valence-electron chi connectivity index (χ3n) is 3.09. The smallest absolute Gasteiger partial charge is 0.305 e. The molecule has 0 aliphatic carbocycles. The number of esters is 1. The lowest BCUT2D eigenvalue weighted by Gasteiger charge is -2.15. The molecule has 2 aromatic heterocycles. The highest BCUT2D eigenvalue weighted by Crippen LogP contribution is 2.14. The SMILES string of the molecule is COC(=O)CCCN(C)C(=O)c1cc2cc(Cl)ccn2n1. The lowest BCUT2D eigenvalue weighted by atomic mass is 10.2. The summed E-state index contributed by atoms with van der Waals surface area (Å²) in [6.45, 7) is 0.461. The summed E-state index contributed by atoms with van der Waals surface area (Å²) in [5.41, 5.74) is 1.10. The molecule has 6 nitrogen and oxygen atoms in total. The maximum atomic E-state index is 12.2. The minimum Gasteiger partial charge on any atom is -0.469 e. The molecule has 2 aromatic rings. The molecule has 2 heterocycles. The zero-order valence-electron chi connectivity index (χ0n) is 11.9. The predicted octanol–water partition coefficient (Wildman–Crippen LogP) is 2.01. The Morgan fingerprint density at radius 1 is 1.43 bits per heavy atom. The average Bonchev–Trinajstić information content (AvgIpc) is 2.88. The van der Waals surface area contributed by atoms with E-state index in [0.717, 1.165) is 5.52 Å². The minimum atomic E-state index is -0.279. The Kier molecular flexibility index (Phi) is 4.80. The Morgan fingerprint density at radius 3 is 2.90 bits per heavy atom. The maximum absolute atomic E-state index is 12.2. The number of hydrogen-bond donors (Lipinski definition) is 0. The van der Waals surface area contributed by atoms with Crippen LogP contribution in [0.1, 0.15) is 23.3 Å². The number of rotatable bonds is 5. The van der Waals surface area contributed by atoms with E-state index in [2.05, 4.69) is 9.84 Å². The summed E-state index contributed by atoms with van der Waals surface area (Å²) < 4.78 is 6.16. The van der Waals surface area contributed by atoms with E-state index in [1.54, 1.807) is 36.0 Å². The Hall–Kier alpha value is -2.08. The van der Waals surface area contributed by atoms with Gasteiger partial charge in [0.25, 0.3) is 5.91 Å². The minimum absolute atomic E-state index is 0.195. The van der Waals surface area contributed by atoms with Crippen LogP contribution in [0.5, 0.6) is 0 Å². The molecule has 1 amide bonds. The fourth-order valence-corrected chi connectivity index (χ4v) is 2.10. The molecule has 0 unspecified atom stereocenters. The first-order valence-corrected chi connectivity index (χ1v) is 6.86. The lowest BCUT2D eigenvalue weighted by molar-refractivity contribution is -0.140. The average molecular weight is 310 g/mol. The number of pyridine rings is 1. The molecule has 0 radical (unpaired) electrons. The number of nitrogens with zero attached hydrogens (tertiary/aromatic N) is 3. The number of carbonyl (C=O) groups is 2. The van der Waals surface area contributed by atoms with Crippen molar-refractivity contribution in [1.29, 1.82) is 0 Å². The molecular weight excluding hydrogens is 294 g/mol. The second kappa shape index (κ2) is 6.58. The molecule has 112 valence electrons. The zero-order valence-corrected chi connectivity index (χ0v) is 12.6. The van der Waals surface area contributed by atoms with E-state index in [4.69, 9.17) is 11.6 Å². The molecule has 0 aromatic carbocycles. The predicted molar refractivity (Wildman–Crippen MR) is 78.4 cm³/mol. The summed E-state index contributed by atoms with van der Waals surface area (Å²) in [5.74, 6) is -0.474. The van der Waals surface area contributed by atoms with E-state index in [9.17, 15) is 9.59 Å². The van der Waals surface area contributed by atoms with Crippen molar-refractivity contribution in [3.63, 3.8) is 0 Å². The van der Waals surface area contributed by atoms with Crippen LogP contribution in [-0.2, 0) is 9.53 Å². The van der Waals surface area contributed by atoms with Gasteiger partial charge in [0, 0.05) is 31.2 Å². The highest BCUT2D eigenvalue weighted by Gasteiger charge is 2.16. The number of carbonyl (C=O) groups excluding carboxylic acids is 2. The van der Waals surface area contributed by atoms with Crippen LogP contribution in [0.25, 0.3) is 5.52 Å². The van der Waals surface area contributed by atoms with Crippen LogP contribution in [0.15, 0.2) is 24.4 Å². The second-order valence-corrected chi connectivity index (χ2v) is 5.09. The largest absolute Gasteiger partial charge is 0.469 e. The standard InChI is InChI=1S/C14H16ClN3O3/c1-17(6-3-4-13(19)21-2)14(20)12-9-11-8-10(15)5-7-18(11)16-12/h5,7-9H,3-4,6H2,1-2H3. The summed E-state index contributed by atoms with van der Waals surface area (Å²) in [6.07, 6.45) is 2.54. The van der Waals surface area contributed by atoms with Gasteiger partial charge in [-0.25, -0.2) is 4.52 Å². The van der Waals surface area contributed by atoms with Crippen molar-refractivity contribution in [3.8, 4) is 0 Å². The molecule has 0 spiro atoms. The zero-order chi connectivity index (χ0) is 15.4. The van der Waals surface area contributed by atoms with E-state index in [1.807, 2.05) is 0 Å². The van der Waals surface area contributed by atoms with Crippen molar-refractivity contribution in [2.24, 2.45) is 0 Å². The van der Waals surface area contributed by atoms with Crippen molar-refractivity contribution in [1.82, 2.24) is 14.5 Å². The van der Waals surface area contributed by atoms with Crippen molar-refractivity contribution < 1.29 is 14.3 Å². The molecule has 0 saturated carbocycles. The highest BCUT2D eigenvalue weighted by atomic mass is 35.5. The second-order valence-electron chi connectivity index (χ2n) is 4.65. The van der Waals surface area contributed by atoms with Gasteiger partial charge in [0.1, 0.15) is 0 Å². The van der Waals surface area contributed by atoms with Gasteiger partial charge in [-0.2, -0.15) is 5.10 Å². The van der Waals surface area contributed by atoms with Gasteiger partial charge in [-0.3, -0.25) is 9.59 Å². The van der Waals surface area contributed by atoms with Gasteiger partial charge >= 0.3 is 5.97 Å². The first kappa shape index (κ1) is 15.3. The van der Waals surface area contributed by atoms with Gasteiger partial charge < -0.3 is 9.64 Å². The molecular formula is C14H16ClN3O3. The number of amides is 1. The number of hydrogen-bond acceptors (Lipinski definition) is 4. The van der Waals surface area contributed by atoms with Gasteiger partial charge in [0.15, 0.2) is 5.69 Å². The van der Waals surface area contributed by atoms with Crippen LogP contribution in [0.4, 0.5) is 0 Å². The van der Waals surface area contributed by atoms with Crippen LogP contribution in [0, 0.1) is 0 Å². The van der Waals surface area contributed by atoms with Crippen molar-refractivity contribution >= 4 is 29.0 Å². The van der Waals surface area contributed by atoms with E-state index in [-0.39, 0.29) is 18.3 Å². The van der Waals surface area contributed by atoms with Gasteiger partial charge in [-0.1, -0.05) is 11.6 Å². The molecule has 0 aliphatic rings. The van der Waals surface area contributed by atoms with Crippen LogP contribution in [0.2, 0.25) is 5.02 Å². The van der Waals surface area contributed by atoms with E-state index >= 15 is 0 Å². The summed E-state index contributed by atoms with van der Waals surface area (Å²) in [7, 11) is 3.02. The van der Waals surface area contributed by atoms with E-state index in [1.165, 1.54) is 12.0 Å². The quantitative estimate of drug-likeness (QED) is 0.793. The van der Waals surface area contributed by atoms with Crippen molar-refractivity contribution in [3.05, 3.63) is 35.1 Å². The molecule has 0 N–H and O–H groups in total. The topological polar surface area (TPSA) is 63.9 Å². The molecule has 0 aliphatic heterocycles. The van der Waals surface area contributed by atoms with Gasteiger partial charge in [0.05, 0.1) is 12.6 Å². The van der Waals surface area contributed by atoms with Crippen molar-refractivity contribution in [2.45, 2.75) is 12.8 Å². The summed E-state index contributed by atoms with van der Waals surface area (Å²) in [5, 5.41) is 4.80. The highest BCUT2D eigenvalue weighted by molar-refractivity contribution is 6.30. The van der Waals surface area contributed by atoms with Crippen LogP contribution >= 0.6 is 11.6 Å². The molecule has 2 rings (SSSR count). The molecule has 21 heavy (non-hydrogen) atoms. The number of halogens is 1. The van der Waals surface area contributed by atoms with E-state index < -0.39 is 0 Å². The summed E-state index contributed by atoms with van der Waals surface area (Å²) >= 11 is 5.90.